The van der Waals surface area contributed by atoms with Gasteiger partial charge < -0.3 is 0 Å². The Hall–Kier alpha value is 0.350. The fourth-order valence-corrected chi connectivity index (χ4v) is 1.68. The minimum atomic E-state index is 0.567. The summed E-state index contributed by atoms with van der Waals surface area (Å²) in [6.45, 7) is 9.08. The molecular weight excluding hydrogens is 152 g/mol. The molecule has 0 aliphatic heterocycles. The van der Waals surface area contributed by atoms with Crippen LogP contribution in [-0.2, 0) is 0 Å². The third-order valence-electron chi connectivity index (χ3n) is 1.98. The minimum Gasteiger partial charge on any atom is -0.176 e. The Morgan fingerprint density at radius 2 is 1.55 bits per heavy atom. The lowest BCUT2D eigenvalue weighted by Gasteiger charge is -2.14. The fraction of sp³-hybridized carbons (Fsp3) is 1.00. The van der Waals surface area contributed by atoms with E-state index in [1.165, 1.54) is 19.3 Å². The lowest BCUT2D eigenvalue weighted by atomic mass is 9.96. The molecule has 0 heterocycles. The molecule has 2 atom stereocenters. The van der Waals surface area contributed by atoms with E-state index in [1.807, 2.05) is 0 Å². The normalized spacial score (nSPS) is 16.9. The van der Waals surface area contributed by atoms with Crippen molar-refractivity contribution in [3.05, 3.63) is 0 Å². The Morgan fingerprint density at radius 3 is 1.91 bits per heavy atom. The van der Waals surface area contributed by atoms with E-state index in [2.05, 4.69) is 40.3 Å². The molecule has 1 heteroatoms. The van der Waals surface area contributed by atoms with Gasteiger partial charge in [-0.25, -0.2) is 0 Å². The van der Waals surface area contributed by atoms with Crippen LogP contribution >= 0.6 is 12.6 Å². The second-order valence-corrected chi connectivity index (χ2v) is 5.04. The predicted molar refractivity (Wildman–Crippen MR) is 56.3 cm³/mol. The van der Waals surface area contributed by atoms with Crippen molar-refractivity contribution >= 4 is 12.6 Å². The van der Waals surface area contributed by atoms with Gasteiger partial charge in [-0.3, -0.25) is 0 Å². The molecule has 0 saturated heterocycles. The molecule has 0 aliphatic rings. The fourth-order valence-electron chi connectivity index (χ4n) is 1.32. The number of thiol groups is 1. The molecule has 0 bridgehead atoms. The van der Waals surface area contributed by atoms with Crippen LogP contribution in [0.1, 0.15) is 47.0 Å². The summed E-state index contributed by atoms with van der Waals surface area (Å²) >= 11 is 4.38. The van der Waals surface area contributed by atoms with Crippen LogP contribution in [0.3, 0.4) is 0 Å². The van der Waals surface area contributed by atoms with Gasteiger partial charge in [-0.1, -0.05) is 40.5 Å². The summed E-state index contributed by atoms with van der Waals surface area (Å²) in [4.78, 5) is 0. The molecule has 0 radical (unpaired) electrons. The Morgan fingerprint density at radius 1 is 1.00 bits per heavy atom. The first-order valence-corrected chi connectivity index (χ1v) is 5.22. The van der Waals surface area contributed by atoms with Crippen LogP contribution in [0.2, 0.25) is 0 Å². The molecule has 11 heavy (non-hydrogen) atoms. The zero-order chi connectivity index (χ0) is 8.85. The first-order chi connectivity index (χ1) is 5.02. The van der Waals surface area contributed by atoms with Crippen LogP contribution in [0, 0.1) is 11.8 Å². The van der Waals surface area contributed by atoms with Crippen LogP contribution in [0.4, 0.5) is 0 Å². The van der Waals surface area contributed by atoms with E-state index < -0.39 is 0 Å². The van der Waals surface area contributed by atoms with Gasteiger partial charge in [-0.2, -0.15) is 12.6 Å². The van der Waals surface area contributed by atoms with Crippen LogP contribution in [0.5, 0.6) is 0 Å². The predicted octanol–water partition coefficient (Wildman–Crippen LogP) is 3.77. The molecule has 68 valence electrons. The molecule has 0 amide bonds. The highest BCUT2D eigenvalue weighted by Crippen LogP contribution is 2.18. The van der Waals surface area contributed by atoms with Crippen molar-refractivity contribution in [2.45, 2.75) is 52.2 Å². The third-order valence-corrected chi connectivity index (χ3v) is 2.19. The van der Waals surface area contributed by atoms with E-state index in [9.17, 15) is 0 Å². The first kappa shape index (κ1) is 11.4. The van der Waals surface area contributed by atoms with E-state index in [-0.39, 0.29) is 0 Å². The number of hydrogen-bond donors (Lipinski definition) is 1. The molecule has 0 spiro atoms. The number of hydrogen-bond acceptors (Lipinski definition) is 1. The van der Waals surface area contributed by atoms with Gasteiger partial charge >= 0.3 is 0 Å². The van der Waals surface area contributed by atoms with Gasteiger partial charge in [0, 0.05) is 0 Å². The maximum atomic E-state index is 4.38. The van der Waals surface area contributed by atoms with Crippen molar-refractivity contribution in [1.29, 1.82) is 0 Å². The summed E-state index contributed by atoms with van der Waals surface area (Å²) in [6.07, 6.45) is 3.99. The summed E-state index contributed by atoms with van der Waals surface area (Å²) < 4.78 is 0. The molecule has 0 N–H and O–H groups in total. The zero-order valence-corrected chi connectivity index (χ0v) is 9.20. The average molecular weight is 174 g/mol. The first-order valence-electron chi connectivity index (χ1n) is 4.70. The van der Waals surface area contributed by atoms with Crippen LogP contribution < -0.4 is 0 Å². The van der Waals surface area contributed by atoms with E-state index >= 15 is 0 Å². The second kappa shape index (κ2) is 5.93. The van der Waals surface area contributed by atoms with Gasteiger partial charge in [-0.15, -0.1) is 0 Å². The van der Waals surface area contributed by atoms with Gasteiger partial charge in [0.1, 0.15) is 0 Å². The van der Waals surface area contributed by atoms with Crippen LogP contribution in [0.25, 0.3) is 0 Å². The highest BCUT2D eigenvalue weighted by molar-refractivity contribution is 7.80. The largest absolute Gasteiger partial charge is 0.176 e. The van der Waals surface area contributed by atoms with Gasteiger partial charge in [0.2, 0.25) is 0 Å². The molecule has 0 aromatic rings. The summed E-state index contributed by atoms with van der Waals surface area (Å²) in [5, 5.41) is 0.567. The van der Waals surface area contributed by atoms with Crippen molar-refractivity contribution in [3.8, 4) is 0 Å². The SMILES string of the molecule is CC(C)CCC(C)CC(C)S. The van der Waals surface area contributed by atoms with Crippen molar-refractivity contribution in [2.75, 3.05) is 0 Å². The summed E-state index contributed by atoms with van der Waals surface area (Å²) in [7, 11) is 0. The highest BCUT2D eigenvalue weighted by Gasteiger charge is 2.05. The van der Waals surface area contributed by atoms with E-state index in [0.29, 0.717) is 5.25 Å². The Labute approximate surface area is 77.2 Å². The molecular formula is C10H22S. The average Bonchev–Trinajstić information content (AvgIpc) is 1.82. The molecule has 2 unspecified atom stereocenters. The zero-order valence-electron chi connectivity index (χ0n) is 8.30. The lowest BCUT2D eigenvalue weighted by molar-refractivity contribution is 0.429. The monoisotopic (exact) mass is 174 g/mol. The maximum Gasteiger partial charge on any atom is -0.000905 e. The molecule has 0 aromatic heterocycles. The molecule has 0 saturated carbocycles. The standard InChI is InChI=1S/C10H22S/c1-8(2)5-6-9(3)7-10(4)11/h8-11H,5-7H2,1-4H3. The van der Waals surface area contributed by atoms with Crippen LogP contribution in [-0.4, -0.2) is 5.25 Å². The van der Waals surface area contributed by atoms with Gasteiger partial charge in [0.15, 0.2) is 0 Å². The maximum absolute atomic E-state index is 4.38. The summed E-state index contributed by atoms with van der Waals surface area (Å²) in [6, 6.07) is 0. The van der Waals surface area contributed by atoms with Gasteiger partial charge in [0.05, 0.1) is 0 Å². The topological polar surface area (TPSA) is 0 Å². The Kier molecular flexibility index (Phi) is 6.12. The van der Waals surface area contributed by atoms with Crippen molar-refractivity contribution in [1.82, 2.24) is 0 Å². The minimum absolute atomic E-state index is 0.567. The number of rotatable bonds is 5. The van der Waals surface area contributed by atoms with E-state index in [4.69, 9.17) is 0 Å². The van der Waals surface area contributed by atoms with Crippen molar-refractivity contribution in [3.63, 3.8) is 0 Å². The molecule has 0 aromatic carbocycles. The second-order valence-electron chi connectivity index (χ2n) is 4.16. The summed E-state index contributed by atoms with van der Waals surface area (Å²) in [5.74, 6) is 1.71. The van der Waals surface area contributed by atoms with Crippen molar-refractivity contribution < 1.29 is 0 Å². The molecule has 0 fully saturated rings. The lowest BCUT2D eigenvalue weighted by Crippen LogP contribution is -2.03. The Balaban J connectivity index is 3.29. The smallest absolute Gasteiger partial charge is 0.000905 e. The third kappa shape index (κ3) is 8.25. The Bertz CT molecular complexity index is 86.9. The molecule has 0 aliphatic carbocycles. The van der Waals surface area contributed by atoms with Crippen molar-refractivity contribution in [2.24, 2.45) is 11.8 Å². The van der Waals surface area contributed by atoms with Crippen LogP contribution in [0.15, 0.2) is 0 Å². The van der Waals surface area contributed by atoms with E-state index in [1.54, 1.807) is 0 Å². The quantitative estimate of drug-likeness (QED) is 0.603. The van der Waals surface area contributed by atoms with Gasteiger partial charge in [-0.05, 0) is 23.5 Å². The molecule has 0 rings (SSSR count). The van der Waals surface area contributed by atoms with E-state index in [0.717, 1.165) is 11.8 Å². The summed E-state index contributed by atoms with van der Waals surface area (Å²) in [5.41, 5.74) is 0. The van der Waals surface area contributed by atoms with Gasteiger partial charge in [0.25, 0.3) is 0 Å². The highest BCUT2D eigenvalue weighted by atomic mass is 32.1. The molecule has 0 nitrogen and oxygen atoms in total.